The summed E-state index contributed by atoms with van der Waals surface area (Å²) >= 11 is 1.86. The van der Waals surface area contributed by atoms with E-state index in [4.69, 9.17) is 0 Å². The summed E-state index contributed by atoms with van der Waals surface area (Å²) in [7, 11) is 0. The van der Waals surface area contributed by atoms with Gasteiger partial charge in [0.05, 0.1) is 6.10 Å². The minimum Gasteiger partial charge on any atom is -0.392 e. The highest BCUT2D eigenvalue weighted by atomic mass is 32.2. The molecule has 118 valence electrons. The highest BCUT2D eigenvalue weighted by Crippen LogP contribution is 2.33. The van der Waals surface area contributed by atoms with Gasteiger partial charge in [0.25, 0.3) is 0 Å². The molecule has 0 radical (unpaired) electrons. The van der Waals surface area contributed by atoms with E-state index in [9.17, 15) is 5.11 Å². The molecular formula is C18H29NOS. The summed E-state index contributed by atoms with van der Waals surface area (Å²) in [6.07, 6.45) is 5.64. The molecule has 1 aromatic rings. The minimum atomic E-state index is -0.145. The molecule has 1 aliphatic rings. The van der Waals surface area contributed by atoms with Gasteiger partial charge in [0.2, 0.25) is 0 Å². The van der Waals surface area contributed by atoms with Crippen LogP contribution in [0.1, 0.15) is 58.4 Å². The number of aliphatic hydroxyl groups is 1. The van der Waals surface area contributed by atoms with Crippen LogP contribution in [0.25, 0.3) is 0 Å². The van der Waals surface area contributed by atoms with Gasteiger partial charge in [-0.2, -0.15) is 0 Å². The van der Waals surface area contributed by atoms with Crippen LogP contribution >= 0.6 is 11.8 Å². The zero-order valence-electron chi connectivity index (χ0n) is 13.6. The molecule has 0 aromatic heterocycles. The maximum atomic E-state index is 10.3. The Morgan fingerprint density at radius 1 is 1.19 bits per heavy atom. The molecule has 0 bridgehead atoms. The monoisotopic (exact) mass is 307 g/mol. The molecule has 0 spiro atoms. The van der Waals surface area contributed by atoms with E-state index in [-0.39, 0.29) is 11.6 Å². The predicted octanol–water partition coefficient (Wildman–Crippen LogP) is 4.36. The molecule has 1 saturated carbocycles. The summed E-state index contributed by atoms with van der Waals surface area (Å²) in [5.74, 6) is 0. The molecule has 2 nitrogen and oxygen atoms in total. The van der Waals surface area contributed by atoms with Crippen molar-refractivity contribution in [2.45, 2.75) is 81.2 Å². The summed E-state index contributed by atoms with van der Waals surface area (Å²) in [6.45, 7) is 7.46. The van der Waals surface area contributed by atoms with Gasteiger partial charge in [0.15, 0.2) is 0 Å². The second-order valence-electron chi connectivity index (χ2n) is 7.11. The lowest BCUT2D eigenvalue weighted by atomic mass is 10.1. The van der Waals surface area contributed by atoms with E-state index in [1.807, 2.05) is 11.8 Å². The summed E-state index contributed by atoms with van der Waals surface area (Å²) in [5.41, 5.74) is 1.46. The van der Waals surface area contributed by atoms with Gasteiger partial charge < -0.3 is 10.4 Å². The van der Waals surface area contributed by atoms with Crippen LogP contribution in [-0.4, -0.2) is 22.0 Å². The molecule has 21 heavy (non-hydrogen) atoms. The third-order valence-corrected chi connectivity index (χ3v) is 5.31. The lowest BCUT2D eigenvalue weighted by Crippen LogP contribution is -2.35. The summed E-state index contributed by atoms with van der Waals surface area (Å²) in [4.78, 5) is 1.29. The predicted molar refractivity (Wildman–Crippen MR) is 91.8 cm³/mol. The average Bonchev–Trinajstić information content (AvgIpc) is 2.62. The van der Waals surface area contributed by atoms with Crippen molar-refractivity contribution in [1.82, 2.24) is 5.32 Å². The molecule has 0 aliphatic heterocycles. The molecule has 1 aromatic carbocycles. The van der Waals surface area contributed by atoms with Gasteiger partial charge >= 0.3 is 0 Å². The first-order chi connectivity index (χ1) is 9.94. The molecule has 2 atom stereocenters. The molecular weight excluding hydrogens is 278 g/mol. The Balaban J connectivity index is 1.96. The van der Waals surface area contributed by atoms with E-state index in [1.54, 1.807) is 0 Å². The van der Waals surface area contributed by atoms with Crippen LogP contribution in [0.15, 0.2) is 29.2 Å². The zero-order valence-corrected chi connectivity index (χ0v) is 14.4. The van der Waals surface area contributed by atoms with Crippen LogP contribution in [0.2, 0.25) is 0 Å². The van der Waals surface area contributed by atoms with Gasteiger partial charge in [0.1, 0.15) is 0 Å². The molecule has 1 fully saturated rings. The third-order valence-electron chi connectivity index (χ3n) is 3.93. The van der Waals surface area contributed by atoms with E-state index < -0.39 is 0 Å². The molecule has 2 rings (SSSR count). The lowest BCUT2D eigenvalue weighted by molar-refractivity contribution is 0.163. The largest absolute Gasteiger partial charge is 0.392 e. The van der Waals surface area contributed by atoms with E-state index in [0.717, 1.165) is 19.4 Å². The lowest BCUT2D eigenvalue weighted by Gasteiger charge is -2.22. The van der Waals surface area contributed by atoms with E-state index in [2.05, 4.69) is 50.4 Å². The third kappa shape index (κ3) is 6.01. The zero-order chi connectivity index (χ0) is 15.3. The van der Waals surface area contributed by atoms with Crippen molar-refractivity contribution in [3.8, 4) is 0 Å². The topological polar surface area (TPSA) is 32.3 Å². The van der Waals surface area contributed by atoms with Crippen molar-refractivity contribution in [1.29, 1.82) is 0 Å². The van der Waals surface area contributed by atoms with Crippen LogP contribution in [0.4, 0.5) is 0 Å². The summed E-state index contributed by atoms with van der Waals surface area (Å²) < 4.78 is 0. The van der Waals surface area contributed by atoms with Crippen molar-refractivity contribution in [3.05, 3.63) is 29.8 Å². The van der Waals surface area contributed by atoms with Gasteiger partial charge in [0, 0.05) is 22.2 Å². The van der Waals surface area contributed by atoms with Gasteiger partial charge in [-0.3, -0.25) is 0 Å². The van der Waals surface area contributed by atoms with Crippen molar-refractivity contribution in [3.63, 3.8) is 0 Å². The summed E-state index contributed by atoms with van der Waals surface area (Å²) in [6, 6.07) is 8.74. The van der Waals surface area contributed by atoms with Gasteiger partial charge in [-0.1, -0.05) is 31.4 Å². The fourth-order valence-corrected chi connectivity index (χ4v) is 3.97. The quantitative estimate of drug-likeness (QED) is 0.811. The van der Waals surface area contributed by atoms with E-state index in [1.165, 1.54) is 29.7 Å². The second kappa shape index (κ2) is 7.66. The molecule has 2 unspecified atom stereocenters. The van der Waals surface area contributed by atoms with E-state index in [0.29, 0.717) is 5.25 Å². The Hall–Kier alpha value is -0.510. The van der Waals surface area contributed by atoms with E-state index >= 15 is 0 Å². The van der Waals surface area contributed by atoms with Crippen molar-refractivity contribution in [2.24, 2.45) is 0 Å². The smallest absolute Gasteiger partial charge is 0.0662 e. The fraction of sp³-hybridized carbons (Fsp3) is 0.667. The number of thioether (sulfide) groups is 1. The van der Waals surface area contributed by atoms with Crippen molar-refractivity contribution >= 4 is 11.8 Å². The highest BCUT2D eigenvalue weighted by molar-refractivity contribution is 8.00. The fourth-order valence-electron chi connectivity index (χ4n) is 2.66. The Morgan fingerprint density at radius 3 is 2.71 bits per heavy atom. The van der Waals surface area contributed by atoms with Crippen LogP contribution in [0.3, 0.4) is 0 Å². The minimum absolute atomic E-state index is 0.140. The van der Waals surface area contributed by atoms with Crippen molar-refractivity contribution < 1.29 is 5.11 Å². The van der Waals surface area contributed by atoms with Gasteiger partial charge in [-0.15, -0.1) is 11.8 Å². The number of nitrogens with one attached hydrogen (secondary N) is 1. The Bertz CT molecular complexity index is 441. The normalized spacial score (nSPS) is 23.8. The van der Waals surface area contributed by atoms with Crippen LogP contribution in [0.5, 0.6) is 0 Å². The average molecular weight is 308 g/mol. The maximum Gasteiger partial charge on any atom is 0.0662 e. The highest BCUT2D eigenvalue weighted by Gasteiger charge is 2.22. The SMILES string of the molecule is CC(C)(C)NCc1cccc(SC2CCCCCC2O)c1. The summed E-state index contributed by atoms with van der Waals surface area (Å²) in [5, 5.41) is 14.1. The standard InChI is InChI=1S/C18H29NOS/c1-18(2,3)19-13-14-8-7-9-15(12-14)21-17-11-6-4-5-10-16(17)20/h7-9,12,16-17,19-20H,4-6,10-11,13H2,1-3H3. The maximum absolute atomic E-state index is 10.3. The number of hydrogen-bond acceptors (Lipinski definition) is 3. The number of hydrogen-bond donors (Lipinski definition) is 2. The van der Waals surface area contributed by atoms with Crippen molar-refractivity contribution in [2.75, 3.05) is 0 Å². The van der Waals surface area contributed by atoms with Gasteiger partial charge in [-0.05, 0) is 51.3 Å². The number of aliphatic hydroxyl groups excluding tert-OH is 1. The molecule has 0 amide bonds. The first kappa shape index (κ1) is 16.9. The number of benzene rings is 1. The second-order valence-corrected chi connectivity index (χ2v) is 8.43. The van der Waals surface area contributed by atoms with Gasteiger partial charge in [-0.25, -0.2) is 0 Å². The molecule has 2 N–H and O–H groups in total. The van der Waals surface area contributed by atoms with Crippen LogP contribution in [0, 0.1) is 0 Å². The Morgan fingerprint density at radius 2 is 1.95 bits per heavy atom. The Labute approximate surface area is 133 Å². The number of rotatable bonds is 4. The first-order valence-electron chi connectivity index (χ1n) is 8.13. The molecule has 0 saturated heterocycles. The van der Waals surface area contributed by atoms with Crippen LogP contribution in [-0.2, 0) is 6.54 Å². The molecule has 1 aliphatic carbocycles. The first-order valence-corrected chi connectivity index (χ1v) is 9.01. The van der Waals surface area contributed by atoms with Crippen LogP contribution < -0.4 is 5.32 Å². The molecule has 0 heterocycles. The molecule has 3 heteroatoms. The Kier molecular flexibility index (Phi) is 6.15.